The number of hydrogen-bond donors (Lipinski definition) is 3. The van der Waals surface area contributed by atoms with Crippen molar-refractivity contribution in [3.05, 3.63) is 44.4 Å². The van der Waals surface area contributed by atoms with E-state index in [1.807, 2.05) is 5.38 Å². The maximum Gasteiger partial charge on any atom is 0.146 e. The van der Waals surface area contributed by atoms with E-state index >= 15 is 0 Å². The van der Waals surface area contributed by atoms with Gasteiger partial charge in [-0.05, 0) is 41.1 Å². The minimum Gasteiger partial charge on any atom is -0.394 e. The molecule has 3 rings (SSSR count). The molecule has 0 aliphatic heterocycles. The molecule has 0 radical (unpaired) electrons. The third-order valence-corrected chi connectivity index (χ3v) is 7.59. The summed E-state index contributed by atoms with van der Waals surface area (Å²) in [6.07, 6.45) is -1.19. The Kier molecular flexibility index (Phi) is 9.14. The fraction of sp³-hybridized carbons (Fsp3) is 0.389. The molecule has 1 aromatic carbocycles. The molecule has 0 saturated carbocycles. The number of aliphatic hydroxyl groups is 3. The largest absolute Gasteiger partial charge is 0.394 e. The molecule has 3 N–H and O–H groups in total. The van der Waals surface area contributed by atoms with Gasteiger partial charge in [-0.1, -0.05) is 40.2 Å². The Hall–Kier alpha value is -0.760. The van der Waals surface area contributed by atoms with E-state index in [-0.39, 0.29) is 6.54 Å². The predicted molar refractivity (Wildman–Crippen MR) is 125 cm³/mol. The predicted octanol–water partition coefficient (Wildman–Crippen LogP) is 3.71. The Balaban J connectivity index is 1.76. The lowest BCUT2D eigenvalue weighted by molar-refractivity contribution is -0.0972. The highest BCUT2D eigenvalue weighted by molar-refractivity contribution is 9.10. The van der Waals surface area contributed by atoms with Crippen LogP contribution < -0.4 is 0 Å². The van der Waals surface area contributed by atoms with Crippen molar-refractivity contribution in [3.63, 3.8) is 0 Å². The van der Waals surface area contributed by atoms with Gasteiger partial charge in [0.25, 0.3) is 0 Å². The van der Waals surface area contributed by atoms with Crippen LogP contribution in [0.5, 0.6) is 0 Å². The standard InChI is InChI=1S/C18H19BrCl2N4O4S2/c1-9(27)15(7-26)29-18(31-10-2-3-11(20)12(21)4-10)14(28)6-25-5-13(23-24-25)17-22-16(19)8-30-17/h2-5,8-9,14-15,18,26-28H,6-7H2,1H3/t9-,14+,15?,18?/m1/s1. The zero-order valence-corrected chi connectivity index (χ0v) is 20.8. The number of nitrogens with zero attached hydrogens (tertiary/aromatic N) is 4. The van der Waals surface area contributed by atoms with Gasteiger partial charge < -0.3 is 20.1 Å². The quantitative estimate of drug-likeness (QED) is 0.250. The van der Waals surface area contributed by atoms with E-state index in [0.717, 1.165) is 0 Å². The Labute approximate surface area is 205 Å². The lowest BCUT2D eigenvalue weighted by Crippen LogP contribution is -2.39. The van der Waals surface area contributed by atoms with Crippen LogP contribution >= 0.6 is 62.2 Å². The average Bonchev–Trinajstić information content (AvgIpc) is 3.36. The first-order chi connectivity index (χ1) is 14.8. The first-order valence-corrected chi connectivity index (χ1v) is 12.3. The van der Waals surface area contributed by atoms with Crippen molar-refractivity contribution in [2.24, 2.45) is 0 Å². The normalized spacial score (nSPS) is 15.6. The third kappa shape index (κ3) is 6.86. The van der Waals surface area contributed by atoms with E-state index in [9.17, 15) is 15.3 Å². The molecule has 31 heavy (non-hydrogen) atoms. The van der Waals surface area contributed by atoms with Crippen LogP contribution in [0.25, 0.3) is 10.7 Å². The van der Waals surface area contributed by atoms with E-state index in [1.165, 1.54) is 34.7 Å². The summed E-state index contributed by atoms with van der Waals surface area (Å²) in [5.74, 6) is 0. The van der Waals surface area contributed by atoms with E-state index in [0.29, 0.717) is 30.2 Å². The summed E-state index contributed by atoms with van der Waals surface area (Å²) in [5.41, 5.74) is -0.264. The number of hydrogen-bond acceptors (Lipinski definition) is 9. The van der Waals surface area contributed by atoms with Gasteiger partial charge in [-0.15, -0.1) is 16.4 Å². The molecular formula is C18H19BrCl2N4O4S2. The fourth-order valence-electron chi connectivity index (χ4n) is 2.50. The highest BCUT2D eigenvalue weighted by Crippen LogP contribution is 2.33. The van der Waals surface area contributed by atoms with E-state index in [1.54, 1.807) is 24.4 Å². The molecule has 2 heterocycles. The molecule has 8 nitrogen and oxygen atoms in total. The molecule has 2 aromatic heterocycles. The van der Waals surface area contributed by atoms with Crippen LogP contribution in [0.1, 0.15) is 6.92 Å². The van der Waals surface area contributed by atoms with Gasteiger partial charge in [-0.2, -0.15) is 0 Å². The van der Waals surface area contributed by atoms with E-state index < -0.39 is 30.4 Å². The molecular weight excluding hydrogens is 551 g/mol. The second kappa shape index (κ2) is 11.4. The third-order valence-electron chi connectivity index (χ3n) is 4.09. The molecule has 0 saturated heterocycles. The molecule has 13 heteroatoms. The molecule has 0 bridgehead atoms. The van der Waals surface area contributed by atoms with Crippen LogP contribution in [0, 0.1) is 0 Å². The molecule has 0 aliphatic rings. The number of thioether (sulfide) groups is 1. The van der Waals surface area contributed by atoms with Crippen molar-refractivity contribution in [1.82, 2.24) is 20.0 Å². The SMILES string of the molecule is C[C@@H](O)C(CO)OC(Sc1ccc(Cl)c(Cl)c1)[C@@H](O)Cn1cc(-c2nc(Br)cs2)nn1. The Morgan fingerprint density at radius 1 is 1.29 bits per heavy atom. The molecule has 0 spiro atoms. The van der Waals surface area contributed by atoms with Gasteiger partial charge in [-0.3, -0.25) is 0 Å². The number of aliphatic hydroxyl groups excluding tert-OH is 3. The molecule has 2 unspecified atom stereocenters. The highest BCUT2D eigenvalue weighted by atomic mass is 79.9. The van der Waals surface area contributed by atoms with Gasteiger partial charge in [0.1, 0.15) is 32.9 Å². The minimum absolute atomic E-state index is 0.0660. The zero-order valence-electron chi connectivity index (χ0n) is 16.1. The number of benzene rings is 1. The van der Waals surface area contributed by atoms with Crippen molar-refractivity contribution >= 4 is 62.2 Å². The Morgan fingerprint density at radius 3 is 2.68 bits per heavy atom. The van der Waals surface area contributed by atoms with Crippen LogP contribution in [0.3, 0.4) is 0 Å². The monoisotopic (exact) mass is 568 g/mol. The summed E-state index contributed by atoms with van der Waals surface area (Å²) in [7, 11) is 0. The second-order valence-corrected chi connectivity index (χ2v) is 10.2. The molecule has 0 fully saturated rings. The molecule has 0 aliphatic carbocycles. The highest BCUT2D eigenvalue weighted by Gasteiger charge is 2.28. The first kappa shape index (κ1) is 24.9. The van der Waals surface area contributed by atoms with Gasteiger partial charge >= 0.3 is 0 Å². The lowest BCUT2D eigenvalue weighted by Gasteiger charge is -2.28. The van der Waals surface area contributed by atoms with Gasteiger partial charge in [0.15, 0.2) is 0 Å². The lowest BCUT2D eigenvalue weighted by atomic mass is 10.2. The van der Waals surface area contributed by atoms with Crippen LogP contribution in [0.2, 0.25) is 10.0 Å². The van der Waals surface area contributed by atoms with Crippen LogP contribution in [-0.4, -0.2) is 65.7 Å². The van der Waals surface area contributed by atoms with Crippen LogP contribution in [0.4, 0.5) is 0 Å². The van der Waals surface area contributed by atoms with Crippen molar-refractivity contribution < 1.29 is 20.1 Å². The Morgan fingerprint density at radius 2 is 2.06 bits per heavy atom. The maximum atomic E-state index is 10.9. The summed E-state index contributed by atoms with van der Waals surface area (Å²) in [5, 5.41) is 41.7. The molecule has 3 aromatic rings. The van der Waals surface area contributed by atoms with Crippen molar-refractivity contribution in [1.29, 1.82) is 0 Å². The zero-order chi connectivity index (χ0) is 22.5. The molecule has 168 valence electrons. The van der Waals surface area contributed by atoms with E-state index in [2.05, 4.69) is 31.2 Å². The fourth-order valence-corrected chi connectivity index (χ4v) is 5.10. The average molecular weight is 570 g/mol. The topological polar surface area (TPSA) is 114 Å². The van der Waals surface area contributed by atoms with Crippen molar-refractivity contribution in [3.8, 4) is 10.7 Å². The summed E-state index contributed by atoms with van der Waals surface area (Å²) in [6, 6.07) is 5.04. The Bertz CT molecular complexity index is 1010. The second-order valence-electron chi connectivity index (χ2n) is 6.53. The summed E-state index contributed by atoms with van der Waals surface area (Å²) >= 11 is 18.0. The summed E-state index contributed by atoms with van der Waals surface area (Å²) in [6.45, 7) is 1.16. The minimum atomic E-state index is -1.05. The van der Waals surface area contributed by atoms with Crippen LogP contribution in [-0.2, 0) is 11.3 Å². The van der Waals surface area contributed by atoms with Gasteiger partial charge in [0.05, 0.1) is 35.5 Å². The summed E-state index contributed by atoms with van der Waals surface area (Å²) in [4.78, 5) is 5.00. The number of ether oxygens (including phenoxy) is 1. The van der Waals surface area contributed by atoms with Crippen LogP contribution in [0.15, 0.2) is 39.3 Å². The number of rotatable bonds is 10. The van der Waals surface area contributed by atoms with Crippen molar-refractivity contribution in [2.45, 2.75) is 42.1 Å². The molecule has 4 atom stereocenters. The van der Waals surface area contributed by atoms with Gasteiger partial charge in [-0.25, -0.2) is 9.67 Å². The number of aromatic nitrogens is 4. The smallest absolute Gasteiger partial charge is 0.146 e. The number of halogens is 3. The number of thiazole rings is 1. The van der Waals surface area contributed by atoms with E-state index in [4.69, 9.17) is 27.9 Å². The first-order valence-electron chi connectivity index (χ1n) is 9.02. The van der Waals surface area contributed by atoms with Gasteiger partial charge in [0, 0.05) is 10.3 Å². The van der Waals surface area contributed by atoms with Gasteiger partial charge in [0.2, 0.25) is 0 Å². The summed E-state index contributed by atoms with van der Waals surface area (Å²) < 4.78 is 8.02. The van der Waals surface area contributed by atoms with Crippen molar-refractivity contribution in [2.75, 3.05) is 6.61 Å². The maximum absolute atomic E-state index is 10.9. The molecule has 0 amide bonds.